The maximum Gasteiger partial charge on any atom is 0.199 e. The highest BCUT2D eigenvalue weighted by atomic mass is 35.5. The molecule has 3 aromatic heterocycles. The molecule has 0 aliphatic rings. The molecule has 3 heterocycles. The lowest BCUT2D eigenvalue weighted by Crippen LogP contribution is -2.26. The molecule has 0 aliphatic heterocycles. The molecule has 0 amide bonds. The Hall–Kier alpha value is -1.80. The smallest absolute Gasteiger partial charge is 0.199 e. The average molecular weight is 392 g/mol. The summed E-state index contributed by atoms with van der Waals surface area (Å²) in [6, 6.07) is 7.82. The van der Waals surface area contributed by atoms with Crippen LogP contribution in [0.5, 0.6) is 0 Å². The Kier molecular flexibility index (Phi) is 5.80. The largest absolute Gasteiger partial charge is 0.303 e. The van der Waals surface area contributed by atoms with E-state index in [0.717, 1.165) is 28.8 Å². The van der Waals surface area contributed by atoms with Crippen molar-refractivity contribution >= 4 is 35.2 Å². The van der Waals surface area contributed by atoms with Crippen molar-refractivity contribution in [2.24, 2.45) is 7.05 Å². The molecule has 8 heteroatoms. The van der Waals surface area contributed by atoms with E-state index in [1.807, 2.05) is 46.6 Å². The van der Waals surface area contributed by atoms with Gasteiger partial charge in [0.25, 0.3) is 0 Å². The lowest BCUT2D eigenvalue weighted by molar-refractivity contribution is 0.220. The van der Waals surface area contributed by atoms with Crippen LogP contribution < -0.4 is 0 Å². The van der Waals surface area contributed by atoms with E-state index in [1.54, 1.807) is 23.7 Å². The number of rotatable bonds is 7. The van der Waals surface area contributed by atoms with Gasteiger partial charge in [-0.15, -0.1) is 17.9 Å². The number of aromatic nitrogens is 4. The highest BCUT2D eigenvalue weighted by molar-refractivity contribution is 7.71. The SMILES string of the molecule is C=CCN(Cc1ccc(Cl)s1)Cn1nc(-c2ccncc2)n(C)c1=S. The van der Waals surface area contributed by atoms with Crippen molar-refractivity contribution in [2.45, 2.75) is 13.2 Å². The van der Waals surface area contributed by atoms with Crippen LogP contribution in [0.25, 0.3) is 11.4 Å². The van der Waals surface area contributed by atoms with Crippen molar-refractivity contribution in [1.29, 1.82) is 0 Å². The summed E-state index contributed by atoms with van der Waals surface area (Å²) in [4.78, 5) is 7.47. The van der Waals surface area contributed by atoms with Gasteiger partial charge < -0.3 is 4.57 Å². The topological polar surface area (TPSA) is 38.9 Å². The van der Waals surface area contributed by atoms with Crippen molar-refractivity contribution in [3.8, 4) is 11.4 Å². The van der Waals surface area contributed by atoms with Crippen LogP contribution in [0, 0.1) is 4.77 Å². The Bertz CT molecular complexity index is 913. The monoisotopic (exact) mass is 391 g/mol. The molecule has 0 aliphatic carbocycles. The first kappa shape index (κ1) is 18.0. The molecular weight excluding hydrogens is 374 g/mol. The van der Waals surface area contributed by atoms with E-state index in [9.17, 15) is 0 Å². The second kappa shape index (κ2) is 8.05. The van der Waals surface area contributed by atoms with Gasteiger partial charge in [0.05, 0.1) is 11.0 Å². The molecular formula is C17H18ClN5S2. The Morgan fingerprint density at radius 1 is 1.32 bits per heavy atom. The fourth-order valence-electron chi connectivity index (χ4n) is 2.53. The molecule has 0 bridgehead atoms. The van der Waals surface area contributed by atoms with Gasteiger partial charge in [0.2, 0.25) is 0 Å². The maximum atomic E-state index is 6.04. The summed E-state index contributed by atoms with van der Waals surface area (Å²) in [5, 5.41) is 4.70. The number of hydrogen-bond donors (Lipinski definition) is 0. The predicted molar refractivity (Wildman–Crippen MR) is 105 cm³/mol. The van der Waals surface area contributed by atoms with E-state index in [4.69, 9.17) is 28.9 Å². The van der Waals surface area contributed by atoms with E-state index in [0.29, 0.717) is 11.4 Å². The Labute approximate surface area is 160 Å². The molecule has 3 aromatic rings. The van der Waals surface area contributed by atoms with Gasteiger partial charge in [-0.05, 0) is 36.5 Å². The van der Waals surface area contributed by atoms with Gasteiger partial charge in [0.1, 0.15) is 0 Å². The van der Waals surface area contributed by atoms with Crippen molar-refractivity contribution in [2.75, 3.05) is 6.54 Å². The van der Waals surface area contributed by atoms with E-state index in [2.05, 4.69) is 16.5 Å². The van der Waals surface area contributed by atoms with E-state index >= 15 is 0 Å². The minimum atomic E-state index is 0.583. The lowest BCUT2D eigenvalue weighted by Gasteiger charge is -2.19. The van der Waals surface area contributed by atoms with Gasteiger partial charge in [0, 0.05) is 43.0 Å². The second-order valence-electron chi connectivity index (χ2n) is 5.55. The summed E-state index contributed by atoms with van der Waals surface area (Å²) in [7, 11) is 1.93. The molecule has 0 saturated heterocycles. The van der Waals surface area contributed by atoms with Gasteiger partial charge in [-0.3, -0.25) is 9.88 Å². The highest BCUT2D eigenvalue weighted by Crippen LogP contribution is 2.23. The number of pyridine rings is 1. The first-order valence-electron chi connectivity index (χ1n) is 7.70. The summed E-state index contributed by atoms with van der Waals surface area (Å²) < 4.78 is 5.22. The van der Waals surface area contributed by atoms with E-state index < -0.39 is 0 Å². The quantitative estimate of drug-likeness (QED) is 0.442. The third-order valence-electron chi connectivity index (χ3n) is 3.71. The van der Waals surface area contributed by atoms with Crippen LogP contribution in [0.4, 0.5) is 0 Å². The minimum Gasteiger partial charge on any atom is -0.303 e. The summed E-state index contributed by atoms with van der Waals surface area (Å²) >= 11 is 13.2. The van der Waals surface area contributed by atoms with Gasteiger partial charge in [-0.1, -0.05) is 17.7 Å². The minimum absolute atomic E-state index is 0.583. The van der Waals surface area contributed by atoms with Crippen LogP contribution in [0.2, 0.25) is 4.34 Å². The summed E-state index contributed by atoms with van der Waals surface area (Å²) in [6.07, 6.45) is 5.38. The molecule has 0 saturated carbocycles. The summed E-state index contributed by atoms with van der Waals surface area (Å²) in [5.74, 6) is 0.824. The van der Waals surface area contributed by atoms with Crippen molar-refractivity contribution in [1.82, 2.24) is 24.2 Å². The van der Waals surface area contributed by atoms with E-state index in [1.165, 1.54) is 4.88 Å². The first-order chi connectivity index (χ1) is 12.1. The van der Waals surface area contributed by atoms with Gasteiger partial charge >= 0.3 is 0 Å². The van der Waals surface area contributed by atoms with Crippen LogP contribution in [0.3, 0.4) is 0 Å². The fraction of sp³-hybridized carbons (Fsp3) is 0.235. The zero-order valence-electron chi connectivity index (χ0n) is 13.8. The summed E-state index contributed by atoms with van der Waals surface area (Å²) in [5.41, 5.74) is 0.989. The molecule has 0 fully saturated rings. The van der Waals surface area contributed by atoms with Gasteiger partial charge in [-0.2, -0.15) is 5.10 Å². The molecule has 0 N–H and O–H groups in total. The fourth-order valence-corrected chi connectivity index (χ4v) is 3.85. The molecule has 0 aromatic carbocycles. The molecule has 5 nitrogen and oxygen atoms in total. The van der Waals surface area contributed by atoms with Crippen LogP contribution in [-0.2, 0) is 20.3 Å². The number of thiophene rings is 1. The zero-order chi connectivity index (χ0) is 17.8. The highest BCUT2D eigenvalue weighted by Gasteiger charge is 2.13. The molecule has 130 valence electrons. The number of halogens is 1. The van der Waals surface area contributed by atoms with Crippen molar-refractivity contribution in [3.63, 3.8) is 0 Å². The van der Waals surface area contributed by atoms with Gasteiger partial charge in [-0.25, -0.2) is 4.68 Å². The number of nitrogens with zero attached hydrogens (tertiary/aromatic N) is 5. The zero-order valence-corrected chi connectivity index (χ0v) is 16.2. The van der Waals surface area contributed by atoms with E-state index in [-0.39, 0.29) is 0 Å². The Balaban J connectivity index is 1.85. The third kappa shape index (κ3) is 4.24. The molecule has 0 radical (unpaired) electrons. The Morgan fingerprint density at radius 3 is 2.72 bits per heavy atom. The maximum absolute atomic E-state index is 6.04. The molecule has 3 rings (SSSR count). The Morgan fingerprint density at radius 2 is 2.08 bits per heavy atom. The van der Waals surface area contributed by atoms with Crippen LogP contribution in [-0.4, -0.2) is 30.8 Å². The average Bonchev–Trinajstić information content (AvgIpc) is 3.14. The van der Waals surface area contributed by atoms with Crippen molar-refractivity contribution in [3.05, 3.63) is 63.3 Å². The molecule has 25 heavy (non-hydrogen) atoms. The second-order valence-corrected chi connectivity index (χ2v) is 7.71. The van der Waals surface area contributed by atoms with Crippen LogP contribution in [0.1, 0.15) is 4.88 Å². The predicted octanol–water partition coefficient (Wildman–Crippen LogP) is 4.37. The standard InChI is InChI=1S/C17H18ClN5S2/c1-3-10-22(11-14-4-5-15(18)25-14)12-23-17(24)21(2)16(20-23)13-6-8-19-9-7-13/h3-9H,1,10-12H2,2H3. The van der Waals surface area contributed by atoms with Gasteiger partial charge in [0.15, 0.2) is 10.6 Å². The lowest BCUT2D eigenvalue weighted by atomic mass is 10.2. The van der Waals surface area contributed by atoms with Crippen LogP contribution >= 0.6 is 35.2 Å². The normalized spacial score (nSPS) is 11.2. The van der Waals surface area contributed by atoms with Crippen LogP contribution in [0.15, 0.2) is 49.3 Å². The van der Waals surface area contributed by atoms with Crippen molar-refractivity contribution < 1.29 is 0 Å². The number of hydrogen-bond acceptors (Lipinski definition) is 5. The molecule has 0 unspecified atom stereocenters. The molecule has 0 atom stereocenters. The molecule has 0 spiro atoms. The third-order valence-corrected chi connectivity index (χ3v) is 5.41. The summed E-state index contributed by atoms with van der Waals surface area (Å²) in [6.45, 7) is 5.94. The first-order valence-corrected chi connectivity index (χ1v) is 9.30.